The predicted molar refractivity (Wildman–Crippen MR) is 110 cm³/mol. The van der Waals surface area contributed by atoms with Crippen LogP contribution in [0.2, 0.25) is 5.02 Å². The molecule has 134 valence electrons. The number of hydrogen-bond donors (Lipinski definition) is 1. The van der Waals surface area contributed by atoms with Crippen LogP contribution >= 0.6 is 22.9 Å². The smallest absolute Gasteiger partial charge is 0.155 e. The molecule has 5 aromatic rings. The van der Waals surface area contributed by atoms with E-state index in [2.05, 4.69) is 80.1 Å². The average Bonchev–Trinajstić information content (AvgIpc) is 3.41. The molecule has 2 aromatic carbocycles. The SMILES string of the molecule is CC(c1nnn[nH]1)c1cn(Cc2csc3ccc(Cl)cc23)c2ccccc12. The summed E-state index contributed by atoms with van der Waals surface area (Å²) in [5.74, 6) is 0.852. The quantitative estimate of drug-likeness (QED) is 0.455. The molecule has 1 N–H and O–H groups in total. The van der Waals surface area contributed by atoms with Gasteiger partial charge in [-0.1, -0.05) is 36.7 Å². The minimum atomic E-state index is 0.0832. The van der Waals surface area contributed by atoms with Gasteiger partial charge in [0.15, 0.2) is 5.82 Å². The molecule has 5 rings (SSSR count). The monoisotopic (exact) mass is 393 g/mol. The van der Waals surface area contributed by atoms with Gasteiger partial charge >= 0.3 is 0 Å². The second-order valence-electron chi connectivity index (χ2n) is 6.64. The second kappa shape index (κ2) is 6.48. The molecule has 27 heavy (non-hydrogen) atoms. The largest absolute Gasteiger partial charge is 0.343 e. The summed E-state index contributed by atoms with van der Waals surface area (Å²) in [6.45, 7) is 2.91. The van der Waals surface area contributed by atoms with Crippen LogP contribution in [-0.4, -0.2) is 25.2 Å². The Labute approximate surface area is 164 Å². The Bertz CT molecular complexity index is 1240. The molecule has 0 aliphatic rings. The zero-order valence-electron chi connectivity index (χ0n) is 14.6. The van der Waals surface area contributed by atoms with Gasteiger partial charge in [-0.25, -0.2) is 5.10 Å². The molecule has 5 nitrogen and oxygen atoms in total. The first-order chi connectivity index (χ1) is 13.2. The van der Waals surface area contributed by atoms with Gasteiger partial charge in [-0.15, -0.1) is 16.4 Å². The lowest BCUT2D eigenvalue weighted by molar-refractivity contribution is 0.798. The van der Waals surface area contributed by atoms with Crippen LogP contribution in [0.1, 0.15) is 29.8 Å². The first kappa shape index (κ1) is 16.5. The number of fused-ring (bicyclic) bond motifs is 2. The van der Waals surface area contributed by atoms with Crippen molar-refractivity contribution in [3.05, 3.63) is 76.0 Å². The van der Waals surface area contributed by atoms with E-state index in [0.717, 1.165) is 17.4 Å². The zero-order valence-corrected chi connectivity index (χ0v) is 16.1. The lowest BCUT2D eigenvalue weighted by atomic mass is 10.0. The maximum atomic E-state index is 6.22. The van der Waals surface area contributed by atoms with E-state index in [0.29, 0.717) is 0 Å². The third-order valence-electron chi connectivity index (χ3n) is 5.01. The van der Waals surface area contributed by atoms with Crippen LogP contribution in [0.4, 0.5) is 0 Å². The molecule has 3 heterocycles. The van der Waals surface area contributed by atoms with Crippen LogP contribution in [0.15, 0.2) is 54.0 Å². The van der Waals surface area contributed by atoms with Crippen LogP contribution in [0, 0.1) is 0 Å². The van der Waals surface area contributed by atoms with Crippen molar-refractivity contribution in [2.24, 2.45) is 0 Å². The van der Waals surface area contributed by atoms with Crippen molar-refractivity contribution in [1.82, 2.24) is 25.2 Å². The predicted octanol–water partition coefficient (Wildman–Crippen LogP) is 5.22. The molecule has 0 bridgehead atoms. The molecule has 1 unspecified atom stereocenters. The first-order valence-corrected chi connectivity index (χ1v) is 9.93. The lowest BCUT2D eigenvalue weighted by Crippen LogP contribution is -1.99. The van der Waals surface area contributed by atoms with Crippen molar-refractivity contribution < 1.29 is 0 Å². The highest BCUT2D eigenvalue weighted by Gasteiger charge is 2.19. The average molecular weight is 394 g/mol. The standard InChI is InChI=1S/C20H16ClN5S/c1-12(20-22-24-25-23-20)17-10-26(18-5-3-2-4-15(17)18)9-13-11-27-19-7-6-14(21)8-16(13)19/h2-8,10-12H,9H2,1H3,(H,22,23,24,25). The normalized spacial score (nSPS) is 12.8. The number of H-pyrrole nitrogens is 1. The van der Waals surface area contributed by atoms with Crippen LogP contribution in [0.25, 0.3) is 21.0 Å². The molecule has 1 atom stereocenters. The molecule has 0 saturated heterocycles. The number of nitrogens with one attached hydrogen (secondary N) is 1. The van der Waals surface area contributed by atoms with Crippen LogP contribution in [0.3, 0.4) is 0 Å². The van der Waals surface area contributed by atoms with Crippen molar-refractivity contribution >= 4 is 43.9 Å². The number of aromatic nitrogens is 5. The minimum absolute atomic E-state index is 0.0832. The lowest BCUT2D eigenvalue weighted by Gasteiger charge is -2.06. The summed E-state index contributed by atoms with van der Waals surface area (Å²) in [5, 5.41) is 19.9. The fraction of sp³-hybridized carbons (Fsp3) is 0.150. The number of thiophene rings is 1. The maximum Gasteiger partial charge on any atom is 0.155 e. The Kier molecular flexibility index (Phi) is 3.95. The van der Waals surface area contributed by atoms with Crippen molar-refractivity contribution in [2.75, 3.05) is 0 Å². The van der Waals surface area contributed by atoms with E-state index in [-0.39, 0.29) is 5.92 Å². The van der Waals surface area contributed by atoms with Gasteiger partial charge in [0.2, 0.25) is 0 Å². The summed E-state index contributed by atoms with van der Waals surface area (Å²) in [6.07, 6.45) is 2.21. The number of nitrogens with zero attached hydrogens (tertiary/aromatic N) is 4. The highest BCUT2D eigenvalue weighted by Crippen LogP contribution is 2.33. The van der Waals surface area contributed by atoms with Crippen LogP contribution < -0.4 is 0 Å². The topological polar surface area (TPSA) is 59.4 Å². The highest BCUT2D eigenvalue weighted by molar-refractivity contribution is 7.17. The number of benzene rings is 2. The number of hydrogen-bond acceptors (Lipinski definition) is 4. The van der Waals surface area contributed by atoms with Crippen LogP contribution in [0.5, 0.6) is 0 Å². The molecule has 0 amide bonds. The van der Waals surface area contributed by atoms with Gasteiger partial charge < -0.3 is 4.57 Å². The van der Waals surface area contributed by atoms with Gasteiger partial charge in [0.1, 0.15) is 0 Å². The van der Waals surface area contributed by atoms with Crippen molar-refractivity contribution in [3.8, 4) is 0 Å². The van der Waals surface area contributed by atoms with Crippen molar-refractivity contribution in [2.45, 2.75) is 19.4 Å². The maximum absolute atomic E-state index is 6.22. The molecule has 0 aliphatic heterocycles. The third-order valence-corrected chi connectivity index (χ3v) is 6.26. The summed E-state index contributed by atoms with van der Waals surface area (Å²) in [6, 6.07) is 14.5. The van der Waals surface area contributed by atoms with Gasteiger partial charge in [0.05, 0.1) is 0 Å². The number of aromatic amines is 1. The molecule has 0 spiro atoms. The summed E-state index contributed by atoms with van der Waals surface area (Å²) in [7, 11) is 0. The second-order valence-corrected chi connectivity index (χ2v) is 7.99. The molecule has 3 aromatic heterocycles. The Morgan fingerprint density at radius 2 is 2.07 bits per heavy atom. The van der Waals surface area contributed by atoms with E-state index in [9.17, 15) is 0 Å². The molecule has 0 saturated carbocycles. The van der Waals surface area contributed by atoms with Gasteiger partial charge in [-0.3, -0.25) is 0 Å². The summed E-state index contributed by atoms with van der Waals surface area (Å²) in [5.41, 5.74) is 3.69. The summed E-state index contributed by atoms with van der Waals surface area (Å²) < 4.78 is 3.56. The fourth-order valence-corrected chi connectivity index (χ4v) is 4.71. The number of tetrazole rings is 1. The first-order valence-electron chi connectivity index (χ1n) is 8.68. The zero-order chi connectivity index (χ0) is 18.4. The number of rotatable bonds is 4. The van der Waals surface area contributed by atoms with E-state index >= 15 is 0 Å². The molecule has 0 fully saturated rings. The summed E-state index contributed by atoms with van der Waals surface area (Å²) >= 11 is 7.98. The van der Waals surface area contributed by atoms with E-state index in [1.165, 1.54) is 32.1 Å². The van der Waals surface area contributed by atoms with E-state index in [1.54, 1.807) is 11.3 Å². The molecule has 0 radical (unpaired) electrons. The highest BCUT2D eigenvalue weighted by atomic mass is 35.5. The van der Waals surface area contributed by atoms with Gasteiger partial charge in [0, 0.05) is 39.3 Å². The van der Waals surface area contributed by atoms with Crippen LogP contribution in [-0.2, 0) is 6.54 Å². The number of halogens is 1. The van der Waals surface area contributed by atoms with E-state index in [1.807, 2.05) is 6.07 Å². The van der Waals surface area contributed by atoms with Gasteiger partial charge in [-0.2, -0.15) is 0 Å². The van der Waals surface area contributed by atoms with Gasteiger partial charge in [-0.05, 0) is 56.6 Å². The fourth-order valence-electron chi connectivity index (χ4n) is 3.61. The van der Waals surface area contributed by atoms with Gasteiger partial charge in [0.25, 0.3) is 0 Å². The molecular weight excluding hydrogens is 378 g/mol. The minimum Gasteiger partial charge on any atom is -0.343 e. The van der Waals surface area contributed by atoms with E-state index in [4.69, 9.17) is 11.6 Å². The molecule has 0 aliphatic carbocycles. The van der Waals surface area contributed by atoms with Crippen molar-refractivity contribution in [1.29, 1.82) is 0 Å². The van der Waals surface area contributed by atoms with Crippen molar-refractivity contribution in [3.63, 3.8) is 0 Å². The summed E-state index contributed by atoms with van der Waals surface area (Å²) in [4.78, 5) is 0. The Balaban J connectivity index is 1.62. The Hall–Kier alpha value is -2.70. The Morgan fingerprint density at radius 1 is 1.19 bits per heavy atom. The third kappa shape index (κ3) is 2.81. The van der Waals surface area contributed by atoms with E-state index < -0.39 is 0 Å². The molecule has 7 heteroatoms. The number of para-hydroxylation sites is 1. The molecular formula is C20H16ClN5S. The Morgan fingerprint density at radius 3 is 2.93 bits per heavy atom.